The van der Waals surface area contributed by atoms with Gasteiger partial charge in [-0.2, -0.15) is 0 Å². The molecule has 0 bridgehead atoms. The van der Waals surface area contributed by atoms with Gasteiger partial charge < -0.3 is 9.32 Å². The van der Waals surface area contributed by atoms with Gasteiger partial charge in [-0.15, -0.1) is 0 Å². The average molecular weight is 347 g/mol. The van der Waals surface area contributed by atoms with Crippen LogP contribution < -0.4 is 0 Å². The van der Waals surface area contributed by atoms with Crippen LogP contribution in [-0.2, 0) is 11.2 Å². The van der Waals surface area contributed by atoms with E-state index in [0.29, 0.717) is 35.6 Å². The number of nitrogens with zero attached hydrogens (tertiary/aromatic N) is 2. The zero-order chi connectivity index (χ0) is 16.9. The topological polar surface area (TPSA) is 46.3 Å². The molecule has 1 aromatic heterocycles. The second-order valence-corrected chi connectivity index (χ2v) is 6.80. The first kappa shape index (κ1) is 17.0. The number of aromatic nitrogens is 1. The fourth-order valence-corrected chi connectivity index (χ4v) is 3.50. The summed E-state index contributed by atoms with van der Waals surface area (Å²) >= 11 is 6.17. The van der Waals surface area contributed by atoms with E-state index < -0.39 is 0 Å². The lowest BCUT2D eigenvalue weighted by molar-refractivity contribution is -0.132. The number of amides is 1. The second kappa shape index (κ2) is 7.84. The highest BCUT2D eigenvalue weighted by atomic mass is 35.5. The fourth-order valence-electron chi connectivity index (χ4n) is 3.27. The van der Waals surface area contributed by atoms with Crippen molar-refractivity contribution < 1.29 is 9.21 Å². The molecule has 24 heavy (non-hydrogen) atoms. The summed E-state index contributed by atoms with van der Waals surface area (Å²) in [4.78, 5) is 18.6. The lowest BCUT2D eigenvalue weighted by atomic mass is 9.94. The standard InChI is InChI=1S/C19H23ClN2O2/c1-22(14-7-3-2-4-8-14)19(23)12-11-18-21-13-17(24-18)15-9-5-6-10-16(15)20/h5-6,9-10,13-14H,2-4,7-8,11-12H2,1H3. The Balaban J connectivity index is 1.57. The zero-order valence-corrected chi connectivity index (χ0v) is 14.8. The monoisotopic (exact) mass is 346 g/mol. The summed E-state index contributed by atoms with van der Waals surface area (Å²) < 4.78 is 5.76. The average Bonchev–Trinajstić information content (AvgIpc) is 3.09. The second-order valence-electron chi connectivity index (χ2n) is 6.39. The van der Waals surface area contributed by atoms with Gasteiger partial charge in [-0.05, 0) is 25.0 Å². The van der Waals surface area contributed by atoms with E-state index in [1.165, 1.54) is 19.3 Å². The summed E-state index contributed by atoms with van der Waals surface area (Å²) in [6.45, 7) is 0. The maximum absolute atomic E-state index is 12.4. The molecule has 1 fully saturated rings. The molecule has 1 heterocycles. The van der Waals surface area contributed by atoms with Crippen molar-refractivity contribution in [3.63, 3.8) is 0 Å². The predicted octanol–water partition coefficient (Wildman–Crippen LogP) is 4.72. The number of benzene rings is 1. The molecule has 1 aromatic carbocycles. The molecule has 0 N–H and O–H groups in total. The summed E-state index contributed by atoms with van der Waals surface area (Å²) in [6.07, 6.45) is 8.60. The van der Waals surface area contributed by atoms with Crippen LogP contribution in [0.2, 0.25) is 5.02 Å². The Kier molecular flexibility index (Phi) is 5.56. The van der Waals surface area contributed by atoms with Gasteiger partial charge in [0.05, 0.1) is 11.2 Å². The minimum absolute atomic E-state index is 0.166. The lowest BCUT2D eigenvalue weighted by Gasteiger charge is -2.31. The van der Waals surface area contributed by atoms with E-state index in [1.807, 2.05) is 36.2 Å². The van der Waals surface area contributed by atoms with E-state index in [2.05, 4.69) is 4.98 Å². The van der Waals surface area contributed by atoms with Gasteiger partial charge in [0.15, 0.2) is 11.7 Å². The van der Waals surface area contributed by atoms with Gasteiger partial charge >= 0.3 is 0 Å². The number of hydrogen-bond donors (Lipinski definition) is 0. The van der Waals surface area contributed by atoms with Crippen LogP contribution in [0.4, 0.5) is 0 Å². The van der Waals surface area contributed by atoms with Gasteiger partial charge in [0.2, 0.25) is 5.91 Å². The molecular formula is C19H23ClN2O2. The first-order valence-electron chi connectivity index (χ1n) is 8.60. The molecule has 128 valence electrons. The molecule has 0 atom stereocenters. The molecule has 4 nitrogen and oxygen atoms in total. The summed E-state index contributed by atoms with van der Waals surface area (Å²) in [7, 11) is 1.92. The molecular weight excluding hydrogens is 324 g/mol. The number of halogens is 1. The minimum Gasteiger partial charge on any atom is -0.441 e. The Bertz CT molecular complexity index is 692. The van der Waals surface area contributed by atoms with Crippen LogP contribution in [-0.4, -0.2) is 28.9 Å². The number of oxazole rings is 1. The number of aryl methyl sites for hydroxylation is 1. The van der Waals surface area contributed by atoms with Crippen molar-refractivity contribution in [3.8, 4) is 11.3 Å². The van der Waals surface area contributed by atoms with Gasteiger partial charge in [0, 0.05) is 31.5 Å². The normalized spacial score (nSPS) is 15.4. The van der Waals surface area contributed by atoms with E-state index in [4.69, 9.17) is 16.0 Å². The van der Waals surface area contributed by atoms with Crippen LogP contribution in [0, 0.1) is 0 Å². The maximum atomic E-state index is 12.4. The number of rotatable bonds is 5. The summed E-state index contributed by atoms with van der Waals surface area (Å²) in [5.74, 6) is 1.39. The molecule has 2 aromatic rings. The largest absolute Gasteiger partial charge is 0.441 e. The Morgan fingerprint density at radius 1 is 1.29 bits per heavy atom. The molecule has 0 aliphatic heterocycles. The van der Waals surface area contributed by atoms with E-state index in [1.54, 1.807) is 6.20 Å². The van der Waals surface area contributed by atoms with Crippen LogP contribution in [0.1, 0.15) is 44.4 Å². The Hall–Kier alpha value is -1.81. The third-order valence-electron chi connectivity index (χ3n) is 4.76. The first-order valence-corrected chi connectivity index (χ1v) is 8.98. The molecule has 1 aliphatic carbocycles. The number of hydrogen-bond acceptors (Lipinski definition) is 3. The Morgan fingerprint density at radius 2 is 2.04 bits per heavy atom. The van der Waals surface area contributed by atoms with Crippen molar-refractivity contribution in [2.24, 2.45) is 0 Å². The van der Waals surface area contributed by atoms with Gasteiger partial charge in [0.25, 0.3) is 0 Å². The fraction of sp³-hybridized carbons (Fsp3) is 0.474. The van der Waals surface area contributed by atoms with Crippen LogP contribution in [0.3, 0.4) is 0 Å². The molecule has 0 radical (unpaired) electrons. The molecule has 3 rings (SSSR count). The van der Waals surface area contributed by atoms with Crippen molar-refractivity contribution in [3.05, 3.63) is 41.4 Å². The van der Waals surface area contributed by atoms with E-state index in [9.17, 15) is 4.79 Å². The minimum atomic E-state index is 0.166. The van der Waals surface area contributed by atoms with E-state index in [-0.39, 0.29) is 5.91 Å². The van der Waals surface area contributed by atoms with Gasteiger partial charge in [-0.25, -0.2) is 4.98 Å². The predicted molar refractivity (Wildman–Crippen MR) is 94.9 cm³/mol. The third-order valence-corrected chi connectivity index (χ3v) is 5.09. The van der Waals surface area contributed by atoms with Crippen molar-refractivity contribution in [2.45, 2.75) is 51.0 Å². The van der Waals surface area contributed by atoms with Crippen molar-refractivity contribution in [1.29, 1.82) is 0 Å². The Morgan fingerprint density at radius 3 is 2.79 bits per heavy atom. The van der Waals surface area contributed by atoms with Crippen LogP contribution in [0.5, 0.6) is 0 Å². The zero-order valence-electron chi connectivity index (χ0n) is 14.0. The molecule has 1 aliphatic rings. The summed E-state index contributed by atoms with van der Waals surface area (Å²) in [5.41, 5.74) is 0.823. The van der Waals surface area contributed by atoms with Crippen LogP contribution in [0.25, 0.3) is 11.3 Å². The number of carbonyl (C=O) groups excluding carboxylic acids is 1. The van der Waals surface area contributed by atoms with E-state index >= 15 is 0 Å². The maximum Gasteiger partial charge on any atom is 0.223 e. The highest BCUT2D eigenvalue weighted by molar-refractivity contribution is 6.33. The molecule has 0 saturated heterocycles. The summed E-state index contributed by atoms with van der Waals surface area (Å²) in [6, 6.07) is 7.90. The third kappa shape index (κ3) is 3.99. The van der Waals surface area contributed by atoms with Crippen LogP contribution >= 0.6 is 11.6 Å². The van der Waals surface area contributed by atoms with Crippen molar-refractivity contribution >= 4 is 17.5 Å². The number of carbonyl (C=O) groups is 1. The molecule has 5 heteroatoms. The van der Waals surface area contributed by atoms with Crippen molar-refractivity contribution in [2.75, 3.05) is 7.05 Å². The lowest BCUT2D eigenvalue weighted by Crippen LogP contribution is -2.38. The van der Waals surface area contributed by atoms with Gasteiger partial charge in [-0.1, -0.05) is 43.0 Å². The molecule has 1 saturated carbocycles. The van der Waals surface area contributed by atoms with Crippen LogP contribution in [0.15, 0.2) is 34.9 Å². The van der Waals surface area contributed by atoms with E-state index in [0.717, 1.165) is 18.4 Å². The smallest absolute Gasteiger partial charge is 0.223 e. The molecule has 0 spiro atoms. The quantitative estimate of drug-likeness (QED) is 0.787. The highest BCUT2D eigenvalue weighted by Crippen LogP contribution is 2.28. The highest BCUT2D eigenvalue weighted by Gasteiger charge is 2.22. The Labute approximate surface area is 147 Å². The summed E-state index contributed by atoms with van der Waals surface area (Å²) in [5, 5.41) is 0.633. The van der Waals surface area contributed by atoms with Crippen molar-refractivity contribution in [1.82, 2.24) is 9.88 Å². The molecule has 0 unspecified atom stereocenters. The molecule has 1 amide bonds. The van der Waals surface area contributed by atoms with Gasteiger partial charge in [0.1, 0.15) is 0 Å². The van der Waals surface area contributed by atoms with Gasteiger partial charge in [-0.3, -0.25) is 4.79 Å². The first-order chi connectivity index (χ1) is 11.6. The SMILES string of the molecule is CN(C(=O)CCc1ncc(-c2ccccc2Cl)o1)C1CCCCC1.